The van der Waals surface area contributed by atoms with E-state index in [1.54, 1.807) is 31.4 Å². The van der Waals surface area contributed by atoms with Crippen LogP contribution in [0.2, 0.25) is 0 Å². The van der Waals surface area contributed by atoms with Gasteiger partial charge in [-0.3, -0.25) is 4.79 Å². The molecule has 1 aromatic carbocycles. The third kappa shape index (κ3) is 3.87. The molecular formula is C16H19N3O4. The van der Waals surface area contributed by atoms with Crippen LogP contribution in [0.1, 0.15) is 34.4 Å². The second-order valence-corrected chi connectivity index (χ2v) is 5.34. The van der Waals surface area contributed by atoms with Gasteiger partial charge >= 0.3 is 0 Å². The third-order valence-corrected chi connectivity index (χ3v) is 3.73. The fraction of sp³-hybridized carbons (Fsp3) is 0.438. The molecule has 2 aromatic rings. The lowest BCUT2D eigenvalue weighted by molar-refractivity contribution is 0.0953. The largest absolute Gasteiger partial charge is 0.497 e. The van der Waals surface area contributed by atoms with Crippen LogP contribution in [0.3, 0.4) is 0 Å². The number of carbonyl (C=O) groups is 1. The molecule has 7 heteroatoms. The van der Waals surface area contributed by atoms with Gasteiger partial charge in [-0.25, -0.2) is 0 Å². The van der Waals surface area contributed by atoms with Crippen LogP contribution < -0.4 is 10.1 Å². The lowest BCUT2D eigenvalue weighted by Gasteiger charge is -2.05. The molecule has 0 bridgehead atoms. The molecule has 2 heterocycles. The number of amides is 1. The molecule has 3 rings (SSSR count). The van der Waals surface area contributed by atoms with E-state index in [0.29, 0.717) is 42.6 Å². The Hall–Kier alpha value is -2.41. The summed E-state index contributed by atoms with van der Waals surface area (Å²) in [6, 6.07) is 7.01. The van der Waals surface area contributed by atoms with Crippen LogP contribution in [-0.2, 0) is 11.2 Å². The zero-order chi connectivity index (χ0) is 16.1. The monoisotopic (exact) mass is 317 g/mol. The summed E-state index contributed by atoms with van der Waals surface area (Å²) in [5, 5.41) is 6.81. The van der Waals surface area contributed by atoms with E-state index in [-0.39, 0.29) is 11.8 Å². The Morgan fingerprint density at radius 2 is 2.39 bits per heavy atom. The maximum absolute atomic E-state index is 12.1. The number of carbonyl (C=O) groups excluding carboxylic acids is 1. The number of hydrogen-bond acceptors (Lipinski definition) is 6. The molecule has 1 aliphatic heterocycles. The van der Waals surface area contributed by atoms with Crippen molar-refractivity contribution in [2.45, 2.75) is 18.8 Å². The standard InChI is InChI=1S/C16H19N3O4/c1-21-13-4-2-3-11(9-13)16(20)17-7-5-14-18-15(19-23-14)12-6-8-22-10-12/h2-4,9,12H,5-8,10H2,1H3,(H,17,20)/t12-/m1/s1. The SMILES string of the molecule is COc1cccc(C(=O)NCCc2nc([C@@H]3CCOC3)no2)c1. The minimum absolute atomic E-state index is 0.159. The average Bonchev–Trinajstić information content (AvgIpc) is 3.26. The first-order valence-electron chi connectivity index (χ1n) is 7.59. The van der Waals surface area contributed by atoms with Crippen molar-refractivity contribution in [1.29, 1.82) is 0 Å². The van der Waals surface area contributed by atoms with E-state index < -0.39 is 0 Å². The van der Waals surface area contributed by atoms with E-state index in [4.69, 9.17) is 14.0 Å². The van der Waals surface area contributed by atoms with Crippen molar-refractivity contribution in [3.63, 3.8) is 0 Å². The first-order chi connectivity index (χ1) is 11.3. The lowest BCUT2D eigenvalue weighted by Crippen LogP contribution is -2.25. The van der Waals surface area contributed by atoms with Gasteiger partial charge < -0.3 is 19.3 Å². The summed E-state index contributed by atoms with van der Waals surface area (Å²) in [7, 11) is 1.57. The highest BCUT2D eigenvalue weighted by Gasteiger charge is 2.23. The number of benzene rings is 1. The molecule has 1 N–H and O–H groups in total. The average molecular weight is 317 g/mol. The number of nitrogens with zero attached hydrogens (tertiary/aromatic N) is 2. The first kappa shape index (κ1) is 15.5. The van der Waals surface area contributed by atoms with Gasteiger partial charge in [0.2, 0.25) is 5.89 Å². The number of methoxy groups -OCH3 is 1. The topological polar surface area (TPSA) is 86.5 Å². The van der Waals surface area contributed by atoms with Crippen molar-refractivity contribution in [1.82, 2.24) is 15.5 Å². The lowest BCUT2D eigenvalue weighted by atomic mass is 10.1. The van der Waals surface area contributed by atoms with Crippen LogP contribution in [0.5, 0.6) is 5.75 Å². The summed E-state index contributed by atoms with van der Waals surface area (Å²) in [5.74, 6) is 1.93. The van der Waals surface area contributed by atoms with Crippen molar-refractivity contribution in [2.75, 3.05) is 26.9 Å². The Balaban J connectivity index is 1.49. The molecule has 0 aliphatic carbocycles. The van der Waals surface area contributed by atoms with Gasteiger partial charge in [-0.1, -0.05) is 11.2 Å². The fourth-order valence-electron chi connectivity index (χ4n) is 2.42. The number of rotatable bonds is 6. The summed E-state index contributed by atoms with van der Waals surface area (Å²) in [4.78, 5) is 16.4. The zero-order valence-corrected chi connectivity index (χ0v) is 12.9. The van der Waals surface area contributed by atoms with Crippen LogP contribution in [-0.4, -0.2) is 42.9 Å². The van der Waals surface area contributed by atoms with Gasteiger partial charge in [-0.2, -0.15) is 4.98 Å². The molecule has 1 amide bonds. The highest BCUT2D eigenvalue weighted by molar-refractivity contribution is 5.94. The Morgan fingerprint density at radius 1 is 1.48 bits per heavy atom. The van der Waals surface area contributed by atoms with Gasteiger partial charge in [0.25, 0.3) is 5.91 Å². The molecule has 0 spiro atoms. The Labute approximate surface area is 134 Å². The number of ether oxygens (including phenoxy) is 2. The van der Waals surface area contributed by atoms with Crippen molar-refractivity contribution in [3.05, 3.63) is 41.5 Å². The molecule has 0 unspecified atom stereocenters. The second kappa shape index (κ2) is 7.23. The van der Waals surface area contributed by atoms with Crippen molar-refractivity contribution in [3.8, 4) is 5.75 Å². The van der Waals surface area contributed by atoms with Crippen LogP contribution in [0.15, 0.2) is 28.8 Å². The summed E-state index contributed by atoms with van der Waals surface area (Å²) >= 11 is 0. The number of hydrogen-bond donors (Lipinski definition) is 1. The molecule has 1 atom stereocenters. The van der Waals surface area contributed by atoms with E-state index in [1.165, 1.54) is 0 Å². The summed E-state index contributed by atoms with van der Waals surface area (Å²) in [6.45, 7) is 1.82. The Kier molecular flexibility index (Phi) is 4.87. The summed E-state index contributed by atoms with van der Waals surface area (Å²) in [6.07, 6.45) is 1.42. The third-order valence-electron chi connectivity index (χ3n) is 3.73. The van der Waals surface area contributed by atoms with Gasteiger partial charge in [-0.15, -0.1) is 0 Å². The number of nitrogens with one attached hydrogen (secondary N) is 1. The molecule has 1 saturated heterocycles. The highest BCUT2D eigenvalue weighted by Crippen LogP contribution is 2.22. The highest BCUT2D eigenvalue weighted by atomic mass is 16.5. The molecule has 0 saturated carbocycles. The van der Waals surface area contributed by atoms with Crippen molar-refractivity contribution in [2.24, 2.45) is 0 Å². The predicted molar refractivity (Wildman–Crippen MR) is 81.5 cm³/mol. The van der Waals surface area contributed by atoms with Crippen LogP contribution in [0.25, 0.3) is 0 Å². The Morgan fingerprint density at radius 3 is 3.17 bits per heavy atom. The maximum atomic E-state index is 12.1. The van der Waals surface area contributed by atoms with Gasteiger partial charge in [-0.05, 0) is 24.6 Å². The molecule has 122 valence electrons. The van der Waals surface area contributed by atoms with Crippen molar-refractivity contribution >= 4 is 5.91 Å². The van der Waals surface area contributed by atoms with E-state index in [0.717, 1.165) is 13.0 Å². The van der Waals surface area contributed by atoms with Crippen LogP contribution >= 0.6 is 0 Å². The van der Waals surface area contributed by atoms with Crippen LogP contribution in [0, 0.1) is 0 Å². The van der Waals surface area contributed by atoms with Gasteiger partial charge in [0.15, 0.2) is 5.82 Å². The molecule has 1 aliphatic rings. The zero-order valence-electron chi connectivity index (χ0n) is 12.9. The second-order valence-electron chi connectivity index (χ2n) is 5.34. The predicted octanol–water partition coefficient (Wildman–Crippen LogP) is 1.55. The molecule has 1 fully saturated rings. The molecule has 23 heavy (non-hydrogen) atoms. The summed E-state index contributed by atoms with van der Waals surface area (Å²) in [5.41, 5.74) is 0.554. The molecule has 7 nitrogen and oxygen atoms in total. The van der Waals surface area contributed by atoms with E-state index in [1.807, 2.05) is 0 Å². The van der Waals surface area contributed by atoms with Crippen molar-refractivity contribution < 1.29 is 18.8 Å². The maximum Gasteiger partial charge on any atom is 0.251 e. The molecular weight excluding hydrogens is 298 g/mol. The first-order valence-corrected chi connectivity index (χ1v) is 7.59. The van der Waals surface area contributed by atoms with E-state index >= 15 is 0 Å². The van der Waals surface area contributed by atoms with Crippen LogP contribution in [0.4, 0.5) is 0 Å². The molecule has 1 aromatic heterocycles. The fourth-order valence-corrected chi connectivity index (χ4v) is 2.42. The van der Waals surface area contributed by atoms with E-state index in [2.05, 4.69) is 15.5 Å². The minimum atomic E-state index is -0.159. The van der Waals surface area contributed by atoms with Gasteiger partial charge in [0.1, 0.15) is 5.75 Å². The van der Waals surface area contributed by atoms with E-state index in [9.17, 15) is 4.79 Å². The van der Waals surface area contributed by atoms with Gasteiger partial charge in [0.05, 0.1) is 13.7 Å². The summed E-state index contributed by atoms with van der Waals surface area (Å²) < 4.78 is 15.6. The normalized spacial score (nSPS) is 17.2. The quantitative estimate of drug-likeness (QED) is 0.870. The smallest absolute Gasteiger partial charge is 0.251 e. The van der Waals surface area contributed by atoms with Gasteiger partial charge in [0, 0.05) is 31.1 Å². The Bertz CT molecular complexity index is 665. The number of aromatic nitrogens is 2. The molecule has 0 radical (unpaired) electrons. The minimum Gasteiger partial charge on any atom is -0.497 e.